The number of carboxylic acids is 1. The molecule has 2 bridgehead atoms. The number of aliphatic carboxylic acids is 1. The summed E-state index contributed by atoms with van der Waals surface area (Å²) in [5, 5.41) is 15.0. The highest BCUT2D eigenvalue weighted by Crippen LogP contribution is 2.44. The zero-order chi connectivity index (χ0) is 21.8. The van der Waals surface area contributed by atoms with Gasteiger partial charge >= 0.3 is 5.97 Å². The molecule has 2 heterocycles. The van der Waals surface area contributed by atoms with Gasteiger partial charge < -0.3 is 20.5 Å². The molecule has 6 nitrogen and oxygen atoms in total. The largest absolute Gasteiger partial charge is 0.481 e. The maximum absolute atomic E-state index is 12.3. The Morgan fingerprint density at radius 1 is 1.07 bits per heavy atom. The number of nitrogens with one attached hydrogen (secondary N) is 2. The number of rotatable bonds is 15. The molecule has 4 atom stereocenters. The van der Waals surface area contributed by atoms with Crippen LogP contribution in [0.4, 0.5) is 0 Å². The molecular formula is C23H38N2O4S. The van der Waals surface area contributed by atoms with E-state index in [9.17, 15) is 9.59 Å². The number of amides is 1. The third-order valence-electron chi connectivity index (χ3n) is 6.14. The van der Waals surface area contributed by atoms with Crippen LogP contribution >= 0.6 is 12.2 Å². The van der Waals surface area contributed by atoms with Crippen molar-refractivity contribution in [1.29, 1.82) is 0 Å². The van der Waals surface area contributed by atoms with Crippen molar-refractivity contribution in [3.05, 3.63) is 12.2 Å². The summed E-state index contributed by atoms with van der Waals surface area (Å²) in [6.45, 7) is 3.66. The number of unbranched alkanes of at least 4 members (excludes halogenated alkanes) is 4. The molecule has 0 aromatic carbocycles. The minimum Gasteiger partial charge on any atom is -0.481 e. The van der Waals surface area contributed by atoms with Crippen LogP contribution in [0.25, 0.3) is 0 Å². The summed E-state index contributed by atoms with van der Waals surface area (Å²) in [6.07, 6.45) is 14.5. The minimum absolute atomic E-state index is 0.0215. The lowest BCUT2D eigenvalue weighted by molar-refractivity contribution is -0.137. The van der Waals surface area contributed by atoms with Crippen LogP contribution in [-0.4, -0.2) is 47.3 Å². The van der Waals surface area contributed by atoms with Crippen molar-refractivity contribution in [2.24, 2.45) is 11.8 Å². The van der Waals surface area contributed by atoms with Gasteiger partial charge in [0.05, 0.1) is 23.6 Å². The quantitative estimate of drug-likeness (QED) is 0.204. The maximum atomic E-state index is 12.3. The van der Waals surface area contributed by atoms with Gasteiger partial charge in [-0.1, -0.05) is 50.6 Å². The number of ether oxygens (including phenoxy) is 1. The summed E-state index contributed by atoms with van der Waals surface area (Å²) in [5.41, 5.74) is 0. The van der Waals surface area contributed by atoms with Crippen LogP contribution < -0.4 is 10.6 Å². The van der Waals surface area contributed by atoms with Crippen LogP contribution in [0.3, 0.4) is 0 Å². The van der Waals surface area contributed by atoms with Gasteiger partial charge in [0, 0.05) is 25.4 Å². The molecule has 0 unspecified atom stereocenters. The molecule has 2 aliphatic rings. The second-order valence-electron chi connectivity index (χ2n) is 8.50. The molecule has 2 aliphatic heterocycles. The van der Waals surface area contributed by atoms with E-state index in [-0.39, 0.29) is 31.0 Å². The Balaban J connectivity index is 1.67. The van der Waals surface area contributed by atoms with E-state index in [4.69, 9.17) is 22.1 Å². The fraction of sp³-hybridized carbons (Fsp3) is 0.783. The monoisotopic (exact) mass is 438 g/mol. The summed E-state index contributed by atoms with van der Waals surface area (Å²) in [5.74, 6) is -0.00552. The first-order valence-electron chi connectivity index (χ1n) is 11.6. The molecule has 7 heteroatoms. The van der Waals surface area contributed by atoms with E-state index in [1.165, 1.54) is 19.3 Å². The smallest absolute Gasteiger partial charge is 0.303 e. The van der Waals surface area contributed by atoms with Crippen molar-refractivity contribution in [3.63, 3.8) is 0 Å². The van der Waals surface area contributed by atoms with Gasteiger partial charge in [-0.05, 0) is 44.4 Å². The van der Waals surface area contributed by atoms with Crippen molar-refractivity contribution < 1.29 is 19.4 Å². The zero-order valence-electron chi connectivity index (χ0n) is 18.2. The highest BCUT2D eigenvalue weighted by molar-refractivity contribution is 7.80. The van der Waals surface area contributed by atoms with E-state index in [0.29, 0.717) is 29.8 Å². The van der Waals surface area contributed by atoms with Crippen molar-refractivity contribution >= 4 is 29.1 Å². The Kier molecular flexibility index (Phi) is 11.4. The average Bonchev–Trinajstić information content (AvgIpc) is 3.30. The fourth-order valence-electron chi connectivity index (χ4n) is 4.50. The van der Waals surface area contributed by atoms with Crippen LogP contribution in [0.2, 0.25) is 0 Å². The molecule has 0 aromatic rings. The first kappa shape index (κ1) is 24.8. The van der Waals surface area contributed by atoms with E-state index in [1.807, 2.05) is 0 Å². The molecular weight excluding hydrogens is 400 g/mol. The summed E-state index contributed by atoms with van der Waals surface area (Å²) >= 11 is 5.30. The molecule has 3 N–H and O–H groups in total. The van der Waals surface area contributed by atoms with Gasteiger partial charge in [-0.3, -0.25) is 9.59 Å². The molecule has 1 amide bonds. The highest BCUT2D eigenvalue weighted by atomic mass is 32.1. The first-order valence-corrected chi connectivity index (χ1v) is 12.0. The Bertz CT molecular complexity index is 596. The Labute approximate surface area is 186 Å². The predicted octanol–water partition coefficient (Wildman–Crippen LogP) is 3.98. The Morgan fingerprint density at radius 2 is 1.83 bits per heavy atom. The third kappa shape index (κ3) is 8.72. The topological polar surface area (TPSA) is 87.7 Å². The Hall–Kier alpha value is -1.47. The molecule has 2 saturated heterocycles. The molecule has 2 fully saturated rings. The number of hydrogen-bond acceptors (Lipinski definition) is 4. The van der Waals surface area contributed by atoms with Crippen molar-refractivity contribution in [1.82, 2.24) is 10.6 Å². The van der Waals surface area contributed by atoms with Gasteiger partial charge in [0.1, 0.15) is 0 Å². The van der Waals surface area contributed by atoms with Gasteiger partial charge in [-0.2, -0.15) is 0 Å². The Morgan fingerprint density at radius 3 is 2.57 bits per heavy atom. The number of fused-ring (bicyclic) bond motifs is 2. The minimum atomic E-state index is -0.744. The molecule has 30 heavy (non-hydrogen) atoms. The molecule has 0 radical (unpaired) electrons. The number of carbonyl (C=O) groups is 2. The third-order valence-corrected chi connectivity index (χ3v) is 6.42. The van der Waals surface area contributed by atoms with E-state index in [1.54, 1.807) is 0 Å². The second kappa shape index (κ2) is 13.8. The van der Waals surface area contributed by atoms with Crippen molar-refractivity contribution in [2.75, 3.05) is 13.1 Å². The number of carboxylic acid groups (broad SMARTS) is 1. The molecule has 0 aliphatic carbocycles. The van der Waals surface area contributed by atoms with Gasteiger partial charge in [-0.15, -0.1) is 0 Å². The number of carbonyl (C=O) groups excluding carboxylic acids is 1. The van der Waals surface area contributed by atoms with Crippen LogP contribution in [0.1, 0.15) is 77.6 Å². The van der Waals surface area contributed by atoms with Crippen molar-refractivity contribution in [2.45, 2.75) is 89.8 Å². The lowest BCUT2D eigenvalue weighted by Crippen LogP contribution is -2.39. The van der Waals surface area contributed by atoms with Crippen LogP contribution in [0, 0.1) is 11.8 Å². The van der Waals surface area contributed by atoms with Crippen molar-refractivity contribution in [3.8, 4) is 0 Å². The van der Waals surface area contributed by atoms with E-state index in [2.05, 4.69) is 29.7 Å². The summed E-state index contributed by atoms with van der Waals surface area (Å²) in [6, 6.07) is 0. The average molecular weight is 439 g/mol. The molecule has 0 aromatic heterocycles. The summed E-state index contributed by atoms with van der Waals surface area (Å²) in [7, 11) is 0. The summed E-state index contributed by atoms with van der Waals surface area (Å²) < 4.78 is 6.10. The zero-order valence-corrected chi connectivity index (χ0v) is 19.1. The van der Waals surface area contributed by atoms with Crippen LogP contribution in [0.15, 0.2) is 12.2 Å². The number of allylic oxidation sites excluding steroid dienone is 2. The lowest BCUT2D eigenvalue weighted by atomic mass is 9.77. The molecule has 0 saturated carbocycles. The van der Waals surface area contributed by atoms with Gasteiger partial charge in [-0.25, -0.2) is 0 Å². The molecule has 0 spiro atoms. The standard InChI is InChI=1S/C23H38N2O4S/c1-2-3-4-9-14-24-22(30)15-21(26)25-16-18-17(19-12-13-20(18)29-19)10-7-5-6-8-11-23(27)28/h5,7,17-20H,2-4,6,8-16H2,1H3,(H,24,30)(H,25,26)(H,27,28)/t17-,18+,19-,20+/m1/s1. The normalized spacial score (nSPS) is 25.0. The molecule has 2 rings (SSSR count). The number of hydrogen-bond donors (Lipinski definition) is 3. The SMILES string of the molecule is CCCCCCNC(=S)CC(=O)NC[C@H]1[C@@H](CC=CCCCC(=O)O)[C@H]2CC[C@@H]1O2. The van der Waals surface area contributed by atoms with Gasteiger partial charge in [0.2, 0.25) is 5.91 Å². The second-order valence-corrected chi connectivity index (χ2v) is 9.00. The highest BCUT2D eigenvalue weighted by Gasteiger charge is 2.47. The lowest BCUT2D eigenvalue weighted by Gasteiger charge is -2.27. The maximum Gasteiger partial charge on any atom is 0.303 e. The van der Waals surface area contributed by atoms with Crippen LogP contribution in [-0.2, 0) is 14.3 Å². The predicted molar refractivity (Wildman–Crippen MR) is 122 cm³/mol. The number of thiocarbonyl (C=S) groups is 1. The van der Waals surface area contributed by atoms with E-state index >= 15 is 0 Å². The summed E-state index contributed by atoms with van der Waals surface area (Å²) in [4.78, 5) is 23.5. The fourth-order valence-corrected chi connectivity index (χ4v) is 4.74. The first-order chi connectivity index (χ1) is 14.5. The molecule has 170 valence electrons. The van der Waals surface area contributed by atoms with E-state index in [0.717, 1.165) is 38.6 Å². The van der Waals surface area contributed by atoms with Crippen LogP contribution in [0.5, 0.6) is 0 Å². The van der Waals surface area contributed by atoms with E-state index < -0.39 is 5.97 Å². The van der Waals surface area contributed by atoms with Gasteiger partial charge in [0.25, 0.3) is 0 Å². The van der Waals surface area contributed by atoms with Gasteiger partial charge in [0.15, 0.2) is 0 Å².